The number of pyridine rings is 1. The Hall–Kier alpha value is -1.46. The fourth-order valence-electron chi connectivity index (χ4n) is 3.58. The smallest absolute Gasteiger partial charge is 0.222 e. The molecule has 1 aromatic rings. The van der Waals surface area contributed by atoms with Crippen LogP contribution in [0.3, 0.4) is 0 Å². The van der Waals surface area contributed by atoms with Gasteiger partial charge < -0.3 is 14.4 Å². The van der Waals surface area contributed by atoms with Crippen LogP contribution in [0.4, 0.5) is 0 Å². The van der Waals surface area contributed by atoms with Crippen LogP contribution in [-0.2, 0) is 20.9 Å². The number of hydrogen-bond donors (Lipinski definition) is 0. The van der Waals surface area contributed by atoms with Gasteiger partial charge in [-0.3, -0.25) is 9.78 Å². The Balaban J connectivity index is 1.40. The van der Waals surface area contributed by atoms with E-state index in [1.54, 1.807) is 12.4 Å². The van der Waals surface area contributed by atoms with Gasteiger partial charge in [-0.2, -0.15) is 0 Å². The van der Waals surface area contributed by atoms with Crippen molar-refractivity contribution in [1.82, 2.24) is 9.88 Å². The van der Waals surface area contributed by atoms with Crippen molar-refractivity contribution >= 4 is 5.91 Å². The van der Waals surface area contributed by atoms with Crippen molar-refractivity contribution in [3.8, 4) is 0 Å². The van der Waals surface area contributed by atoms with E-state index in [9.17, 15) is 4.79 Å². The Morgan fingerprint density at radius 2 is 2.22 bits per heavy atom. The van der Waals surface area contributed by atoms with Crippen LogP contribution in [0.1, 0.15) is 31.7 Å². The third-order valence-corrected chi connectivity index (χ3v) is 4.91. The molecule has 2 aliphatic rings. The maximum atomic E-state index is 12.0. The van der Waals surface area contributed by atoms with Gasteiger partial charge in [-0.15, -0.1) is 0 Å². The summed E-state index contributed by atoms with van der Waals surface area (Å²) < 4.78 is 11.7. The second-order valence-corrected chi connectivity index (χ2v) is 6.54. The van der Waals surface area contributed by atoms with Gasteiger partial charge in [0.1, 0.15) is 0 Å². The first-order valence-electron chi connectivity index (χ1n) is 8.64. The maximum Gasteiger partial charge on any atom is 0.222 e. The van der Waals surface area contributed by atoms with Crippen molar-refractivity contribution in [2.45, 2.75) is 38.9 Å². The molecule has 0 unspecified atom stereocenters. The lowest BCUT2D eigenvalue weighted by Gasteiger charge is -2.19. The topological polar surface area (TPSA) is 51.7 Å². The van der Waals surface area contributed by atoms with E-state index in [2.05, 4.69) is 4.98 Å². The molecule has 3 rings (SSSR count). The van der Waals surface area contributed by atoms with Gasteiger partial charge in [0.2, 0.25) is 5.91 Å². The predicted octanol–water partition coefficient (Wildman–Crippen LogP) is 2.26. The van der Waals surface area contributed by atoms with E-state index in [1.165, 1.54) is 0 Å². The molecule has 2 aliphatic heterocycles. The highest BCUT2D eigenvalue weighted by Gasteiger charge is 2.44. The van der Waals surface area contributed by atoms with Crippen molar-refractivity contribution in [2.24, 2.45) is 11.8 Å². The van der Waals surface area contributed by atoms with Crippen LogP contribution in [0, 0.1) is 11.8 Å². The van der Waals surface area contributed by atoms with E-state index in [0.29, 0.717) is 24.9 Å². The highest BCUT2D eigenvalue weighted by Crippen LogP contribution is 2.35. The van der Waals surface area contributed by atoms with Crippen molar-refractivity contribution < 1.29 is 14.3 Å². The van der Waals surface area contributed by atoms with E-state index in [0.717, 1.165) is 44.7 Å². The van der Waals surface area contributed by atoms with Crippen LogP contribution in [0.15, 0.2) is 24.5 Å². The Bertz CT molecular complexity index is 508. The van der Waals surface area contributed by atoms with Gasteiger partial charge in [-0.25, -0.2) is 0 Å². The lowest BCUT2D eigenvalue weighted by atomic mass is 9.91. The molecule has 3 heterocycles. The Morgan fingerprint density at radius 3 is 3.00 bits per heavy atom. The highest BCUT2D eigenvalue weighted by molar-refractivity contribution is 5.76. The van der Waals surface area contributed by atoms with Crippen LogP contribution >= 0.6 is 0 Å². The molecule has 0 N–H and O–H groups in total. The summed E-state index contributed by atoms with van der Waals surface area (Å²) in [6, 6.07) is 3.95. The molecular formula is C18H26N2O3. The summed E-state index contributed by atoms with van der Waals surface area (Å²) in [5.74, 6) is 1.27. The number of carbonyl (C=O) groups excluding carboxylic acids is 1. The summed E-state index contributed by atoms with van der Waals surface area (Å²) in [6.45, 7) is 5.86. The van der Waals surface area contributed by atoms with Gasteiger partial charge >= 0.3 is 0 Å². The molecule has 2 fully saturated rings. The zero-order valence-corrected chi connectivity index (χ0v) is 13.8. The molecule has 3 atom stereocenters. The highest BCUT2D eigenvalue weighted by atomic mass is 16.5. The lowest BCUT2D eigenvalue weighted by Crippen LogP contribution is -2.31. The number of likely N-dealkylation sites (tertiary alicyclic amines) is 1. The molecule has 126 valence electrons. The van der Waals surface area contributed by atoms with Gasteiger partial charge in [0.05, 0.1) is 19.3 Å². The fraction of sp³-hybridized carbons (Fsp3) is 0.667. The predicted molar refractivity (Wildman–Crippen MR) is 86.7 cm³/mol. The fourth-order valence-corrected chi connectivity index (χ4v) is 3.58. The quantitative estimate of drug-likeness (QED) is 0.724. The maximum absolute atomic E-state index is 12.0. The molecule has 0 bridgehead atoms. The summed E-state index contributed by atoms with van der Waals surface area (Å²) in [4.78, 5) is 18.0. The molecule has 2 saturated heterocycles. The summed E-state index contributed by atoms with van der Waals surface area (Å²) in [5.41, 5.74) is 1.15. The van der Waals surface area contributed by atoms with Gasteiger partial charge in [0.15, 0.2) is 0 Å². The van der Waals surface area contributed by atoms with E-state index in [1.807, 2.05) is 24.0 Å². The Kier molecular flexibility index (Phi) is 5.62. The van der Waals surface area contributed by atoms with Crippen molar-refractivity contribution in [2.75, 3.05) is 26.3 Å². The van der Waals surface area contributed by atoms with Gasteiger partial charge in [0.25, 0.3) is 0 Å². The number of nitrogens with zero attached hydrogens (tertiary/aromatic N) is 2. The van der Waals surface area contributed by atoms with Crippen LogP contribution in [0.25, 0.3) is 0 Å². The molecule has 0 aromatic carbocycles. The van der Waals surface area contributed by atoms with Crippen LogP contribution in [0.5, 0.6) is 0 Å². The number of fused-ring (bicyclic) bond motifs is 1. The Labute approximate surface area is 138 Å². The minimum absolute atomic E-state index is 0.237. The monoisotopic (exact) mass is 318 g/mol. The lowest BCUT2D eigenvalue weighted by molar-refractivity contribution is -0.131. The average molecular weight is 318 g/mol. The number of amides is 1. The van der Waals surface area contributed by atoms with Crippen LogP contribution in [0.2, 0.25) is 0 Å². The number of rotatable bonds is 7. The van der Waals surface area contributed by atoms with Crippen molar-refractivity contribution in [1.29, 1.82) is 0 Å². The molecular weight excluding hydrogens is 292 g/mol. The van der Waals surface area contributed by atoms with E-state index >= 15 is 0 Å². The molecule has 0 spiro atoms. The van der Waals surface area contributed by atoms with Gasteiger partial charge in [-0.05, 0) is 36.5 Å². The van der Waals surface area contributed by atoms with E-state index in [4.69, 9.17) is 9.47 Å². The SMILES string of the molecule is CCCC(=O)N1C[C@H]2[C@@H](CCOCc3ccncc3)CO[C@H]2C1. The van der Waals surface area contributed by atoms with E-state index < -0.39 is 0 Å². The first kappa shape index (κ1) is 16.4. The zero-order valence-electron chi connectivity index (χ0n) is 13.8. The molecule has 0 radical (unpaired) electrons. The molecule has 1 amide bonds. The minimum atomic E-state index is 0.237. The van der Waals surface area contributed by atoms with Gasteiger partial charge in [0, 0.05) is 44.4 Å². The standard InChI is InChI=1S/C18H26N2O3/c1-2-3-18(21)20-10-16-15(13-23-17(16)11-20)6-9-22-12-14-4-7-19-8-5-14/h4-5,7-8,15-17H,2-3,6,9-13H2,1H3/t15-,16-,17-/m0/s1. The number of ether oxygens (including phenoxy) is 2. The average Bonchev–Trinajstić information content (AvgIpc) is 3.14. The molecule has 0 saturated carbocycles. The third-order valence-electron chi connectivity index (χ3n) is 4.91. The molecule has 23 heavy (non-hydrogen) atoms. The van der Waals surface area contributed by atoms with Crippen molar-refractivity contribution in [3.63, 3.8) is 0 Å². The normalized spacial score (nSPS) is 26.5. The van der Waals surface area contributed by atoms with Crippen LogP contribution in [-0.4, -0.2) is 48.2 Å². The summed E-state index contributed by atoms with van der Waals surface area (Å²) >= 11 is 0. The van der Waals surface area contributed by atoms with Crippen LogP contribution < -0.4 is 0 Å². The molecule has 0 aliphatic carbocycles. The first-order chi connectivity index (χ1) is 11.3. The third kappa shape index (κ3) is 4.09. The first-order valence-corrected chi connectivity index (χ1v) is 8.64. The zero-order chi connectivity index (χ0) is 16.1. The number of hydrogen-bond acceptors (Lipinski definition) is 4. The molecule has 5 nitrogen and oxygen atoms in total. The summed E-state index contributed by atoms with van der Waals surface area (Å²) in [6.07, 6.45) is 6.38. The molecule has 5 heteroatoms. The Morgan fingerprint density at radius 1 is 1.39 bits per heavy atom. The van der Waals surface area contributed by atoms with Crippen molar-refractivity contribution in [3.05, 3.63) is 30.1 Å². The second-order valence-electron chi connectivity index (χ2n) is 6.54. The second kappa shape index (κ2) is 7.88. The summed E-state index contributed by atoms with van der Waals surface area (Å²) in [7, 11) is 0. The van der Waals surface area contributed by atoms with E-state index in [-0.39, 0.29) is 12.0 Å². The number of carbonyl (C=O) groups is 1. The summed E-state index contributed by atoms with van der Waals surface area (Å²) in [5, 5.41) is 0. The number of aromatic nitrogens is 1. The van der Waals surface area contributed by atoms with Gasteiger partial charge in [-0.1, -0.05) is 6.92 Å². The minimum Gasteiger partial charge on any atom is -0.377 e. The molecule has 1 aromatic heterocycles. The largest absolute Gasteiger partial charge is 0.377 e.